The summed E-state index contributed by atoms with van der Waals surface area (Å²) in [5.74, 6) is 0.679. The summed E-state index contributed by atoms with van der Waals surface area (Å²) in [6.45, 7) is 3.26. The summed E-state index contributed by atoms with van der Waals surface area (Å²) in [7, 11) is 0. The molecule has 0 bridgehead atoms. The maximum atomic E-state index is 13.4. The van der Waals surface area contributed by atoms with Crippen LogP contribution in [0.1, 0.15) is 44.6 Å². The Kier molecular flexibility index (Phi) is 6.10. The lowest BCUT2D eigenvalue weighted by Gasteiger charge is -2.48. The molecule has 0 radical (unpaired) electrons. The van der Waals surface area contributed by atoms with Crippen LogP contribution in [0.3, 0.4) is 0 Å². The Morgan fingerprint density at radius 2 is 2.06 bits per heavy atom. The number of amidine groups is 1. The maximum Gasteiger partial charge on any atom is 0.292 e. The molecule has 6 nitrogen and oxygen atoms in total. The van der Waals surface area contributed by atoms with Gasteiger partial charge in [0.25, 0.3) is 6.26 Å². The zero-order valence-corrected chi connectivity index (χ0v) is 17.7. The van der Waals surface area contributed by atoms with E-state index in [2.05, 4.69) is 10.3 Å². The number of rotatable bonds is 6. The second-order valence-corrected chi connectivity index (χ2v) is 8.20. The second-order valence-electron chi connectivity index (χ2n) is 8.20. The quantitative estimate of drug-likeness (QED) is 0.415. The van der Waals surface area contributed by atoms with Crippen molar-refractivity contribution in [1.82, 2.24) is 5.32 Å². The van der Waals surface area contributed by atoms with Gasteiger partial charge in [0, 0.05) is 18.5 Å². The highest BCUT2D eigenvalue weighted by Crippen LogP contribution is 2.42. The van der Waals surface area contributed by atoms with Gasteiger partial charge >= 0.3 is 0 Å². The molecule has 4 rings (SSSR count). The number of nitrogens with two attached hydrogens (primary N) is 1. The SMILES string of the molecule is CCN=C(N)c1cc(-c2ccc(F)cc2)cc(OC2CCNC3(CCC3)C2)c1OC#N. The molecule has 1 atom stereocenters. The highest BCUT2D eigenvalue weighted by atomic mass is 19.1. The van der Waals surface area contributed by atoms with E-state index in [1.165, 1.54) is 18.6 Å². The molecule has 1 aliphatic carbocycles. The van der Waals surface area contributed by atoms with E-state index in [1.807, 2.05) is 13.0 Å². The predicted octanol–water partition coefficient (Wildman–Crippen LogP) is 4.13. The van der Waals surface area contributed by atoms with Gasteiger partial charge in [0.2, 0.25) is 0 Å². The molecule has 7 heteroatoms. The molecule has 1 heterocycles. The van der Waals surface area contributed by atoms with E-state index in [-0.39, 0.29) is 29.0 Å². The molecule has 0 aromatic heterocycles. The molecule has 162 valence electrons. The normalized spacial score (nSPS) is 20.0. The van der Waals surface area contributed by atoms with Crippen LogP contribution < -0.4 is 20.5 Å². The summed E-state index contributed by atoms with van der Waals surface area (Å²) in [6.07, 6.45) is 7.08. The van der Waals surface area contributed by atoms with E-state index in [0.29, 0.717) is 17.9 Å². The summed E-state index contributed by atoms with van der Waals surface area (Å²) in [4.78, 5) is 4.30. The average Bonchev–Trinajstić information content (AvgIpc) is 2.74. The van der Waals surface area contributed by atoms with Crippen LogP contribution in [0.4, 0.5) is 4.39 Å². The lowest BCUT2D eigenvalue weighted by Crippen LogP contribution is -2.57. The largest absolute Gasteiger partial charge is 0.486 e. The lowest BCUT2D eigenvalue weighted by atomic mass is 9.71. The van der Waals surface area contributed by atoms with Crippen molar-refractivity contribution in [3.8, 4) is 28.9 Å². The fourth-order valence-corrected chi connectivity index (χ4v) is 4.47. The fraction of sp³-hybridized carbons (Fsp3) is 0.417. The van der Waals surface area contributed by atoms with Crippen LogP contribution in [0.2, 0.25) is 0 Å². The lowest BCUT2D eigenvalue weighted by molar-refractivity contribution is 0.0511. The topological polar surface area (TPSA) is 92.7 Å². The zero-order chi connectivity index (χ0) is 21.8. The van der Waals surface area contributed by atoms with Gasteiger partial charge in [0.1, 0.15) is 17.8 Å². The van der Waals surface area contributed by atoms with Crippen LogP contribution in [0.25, 0.3) is 11.1 Å². The number of piperidine rings is 1. The van der Waals surface area contributed by atoms with Gasteiger partial charge in [-0.3, -0.25) is 4.99 Å². The minimum absolute atomic E-state index is 0.00301. The smallest absolute Gasteiger partial charge is 0.292 e. The number of nitrogens with zero attached hydrogens (tertiary/aromatic N) is 2. The number of nitrogens with one attached hydrogen (secondary N) is 1. The van der Waals surface area contributed by atoms with Crippen LogP contribution in [-0.2, 0) is 0 Å². The highest BCUT2D eigenvalue weighted by Gasteiger charge is 2.42. The Morgan fingerprint density at radius 1 is 1.29 bits per heavy atom. The molecule has 2 fully saturated rings. The molecule has 2 aromatic rings. The molecule has 31 heavy (non-hydrogen) atoms. The molecule has 0 amide bonds. The Bertz CT molecular complexity index is 1010. The molecule has 2 aliphatic rings. The molecule has 1 unspecified atom stereocenters. The van der Waals surface area contributed by atoms with Crippen molar-refractivity contribution < 1.29 is 13.9 Å². The van der Waals surface area contributed by atoms with Gasteiger partial charge in [-0.05, 0) is 74.5 Å². The van der Waals surface area contributed by atoms with E-state index in [9.17, 15) is 9.65 Å². The monoisotopic (exact) mass is 422 g/mol. The number of ether oxygens (including phenoxy) is 2. The Balaban J connectivity index is 1.76. The third kappa shape index (κ3) is 4.49. The van der Waals surface area contributed by atoms with Crippen molar-refractivity contribution in [3.05, 3.63) is 47.8 Å². The van der Waals surface area contributed by atoms with Crippen LogP contribution >= 0.6 is 0 Å². The summed E-state index contributed by atoms with van der Waals surface area (Å²) >= 11 is 0. The van der Waals surface area contributed by atoms with Crippen molar-refractivity contribution in [2.45, 2.75) is 50.7 Å². The summed E-state index contributed by atoms with van der Waals surface area (Å²) < 4.78 is 25.2. The van der Waals surface area contributed by atoms with E-state index in [4.69, 9.17) is 15.2 Å². The maximum absolute atomic E-state index is 13.4. The summed E-state index contributed by atoms with van der Waals surface area (Å²) in [6, 6.07) is 9.85. The van der Waals surface area contributed by atoms with Crippen molar-refractivity contribution in [2.75, 3.05) is 13.1 Å². The summed E-state index contributed by atoms with van der Waals surface area (Å²) in [5, 5.41) is 12.9. The first-order chi connectivity index (χ1) is 15.0. The van der Waals surface area contributed by atoms with E-state index in [1.54, 1.807) is 24.5 Å². The minimum Gasteiger partial charge on any atom is -0.486 e. The molecule has 2 aromatic carbocycles. The molecule has 1 saturated carbocycles. The Labute approximate surface area is 181 Å². The highest BCUT2D eigenvalue weighted by molar-refractivity contribution is 6.02. The number of aliphatic imine (C=N–C) groups is 1. The van der Waals surface area contributed by atoms with Gasteiger partial charge in [-0.25, -0.2) is 4.39 Å². The fourth-order valence-electron chi connectivity index (χ4n) is 4.47. The van der Waals surface area contributed by atoms with Gasteiger partial charge in [-0.15, -0.1) is 5.26 Å². The van der Waals surface area contributed by atoms with Crippen LogP contribution in [0, 0.1) is 17.3 Å². The molecule has 1 aliphatic heterocycles. The molecular formula is C24H27FN4O2. The van der Waals surface area contributed by atoms with E-state index in [0.717, 1.165) is 43.4 Å². The van der Waals surface area contributed by atoms with Gasteiger partial charge < -0.3 is 20.5 Å². The summed E-state index contributed by atoms with van der Waals surface area (Å²) in [5.41, 5.74) is 8.47. The Hall–Kier alpha value is -3.11. The van der Waals surface area contributed by atoms with Crippen molar-refractivity contribution in [2.24, 2.45) is 10.7 Å². The standard InChI is InChI=1S/C24H27FN4O2/c1-2-28-23(27)20-12-17(16-4-6-18(25)7-5-16)13-21(22(20)30-15-26)31-19-8-11-29-24(14-19)9-3-10-24/h4-7,12-13,19,29H,2-3,8-11,14H2,1H3,(H2,27,28). The van der Waals surface area contributed by atoms with Gasteiger partial charge in [0.05, 0.1) is 5.56 Å². The Morgan fingerprint density at radius 3 is 2.71 bits per heavy atom. The molecule has 3 N–H and O–H groups in total. The van der Waals surface area contributed by atoms with E-state index >= 15 is 0 Å². The number of hydrogen-bond donors (Lipinski definition) is 2. The van der Waals surface area contributed by atoms with Gasteiger partial charge in [-0.1, -0.05) is 12.1 Å². The third-order valence-corrected chi connectivity index (χ3v) is 6.17. The number of hydrogen-bond acceptors (Lipinski definition) is 5. The number of halogens is 1. The third-order valence-electron chi connectivity index (χ3n) is 6.17. The van der Waals surface area contributed by atoms with Crippen LogP contribution in [0.15, 0.2) is 41.4 Å². The van der Waals surface area contributed by atoms with Crippen molar-refractivity contribution in [3.63, 3.8) is 0 Å². The van der Waals surface area contributed by atoms with Gasteiger partial charge in [0.15, 0.2) is 11.5 Å². The molecule has 1 spiro atoms. The number of benzene rings is 2. The van der Waals surface area contributed by atoms with Crippen LogP contribution in [-0.4, -0.2) is 30.6 Å². The van der Waals surface area contributed by atoms with Gasteiger partial charge in [-0.2, -0.15) is 0 Å². The minimum atomic E-state index is -0.308. The number of nitriles is 1. The average molecular weight is 423 g/mol. The first-order valence-electron chi connectivity index (χ1n) is 10.8. The zero-order valence-electron chi connectivity index (χ0n) is 17.7. The first kappa shape index (κ1) is 21.1. The predicted molar refractivity (Wildman–Crippen MR) is 118 cm³/mol. The second kappa shape index (κ2) is 8.94. The molecule has 1 saturated heterocycles. The first-order valence-corrected chi connectivity index (χ1v) is 10.8. The van der Waals surface area contributed by atoms with Crippen molar-refractivity contribution >= 4 is 5.84 Å². The van der Waals surface area contributed by atoms with E-state index < -0.39 is 0 Å². The molecular weight excluding hydrogens is 395 g/mol. The van der Waals surface area contributed by atoms with Crippen LogP contribution in [0.5, 0.6) is 11.5 Å². The van der Waals surface area contributed by atoms with Crippen molar-refractivity contribution in [1.29, 1.82) is 5.26 Å².